The minimum Gasteiger partial charge on any atom is -0.399 e. The van der Waals surface area contributed by atoms with E-state index < -0.39 is 0 Å². The number of pyridine rings is 1. The Bertz CT molecular complexity index is 645. The molecule has 0 aliphatic carbocycles. The highest BCUT2D eigenvalue weighted by Gasteiger charge is 2.02. The molecule has 1 amide bonds. The summed E-state index contributed by atoms with van der Waals surface area (Å²) in [5.41, 5.74) is 9.69. The van der Waals surface area contributed by atoms with E-state index in [9.17, 15) is 4.79 Å². The summed E-state index contributed by atoms with van der Waals surface area (Å²) in [5, 5.41) is 2.81. The summed E-state index contributed by atoms with van der Waals surface area (Å²) in [6.45, 7) is 3.78. The molecule has 0 aliphatic rings. The quantitative estimate of drug-likeness (QED) is 0.663. The van der Waals surface area contributed by atoms with E-state index in [1.54, 1.807) is 18.2 Å². The van der Waals surface area contributed by atoms with Crippen LogP contribution in [0.15, 0.2) is 42.5 Å². The van der Waals surface area contributed by atoms with Crippen LogP contribution in [0, 0.1) is 13.8 Å². The lowest BCUT2D eigenvalue weighted by molar-refractivity contribution is -0.111. The SMILES string of the molecule is Cc1ccc(NC(=O)/C=C/c2ccc(N)cc2)c(C)n1. The lowest BCUT2D eigenvalue weighted by atomic mass is 10.2. The number of nitrogens with zero attached hydrogens (tertiary/aromatic N) is 1. The summed E-state index contributed by atoms with van der Waals surface area (Å²) in [4.78, 5) is 16.1. The van der Waals surface area contributed by atoms with Crippen LogP contribution in [0.1, 0.15) is 17.0 Å². The molecule has 1 aromatic carbocycles. The molecular weight excluding hydrogens is 250 g/mol. The van der Waals surface area contributed by atoms with Crippen LogP contribution in [-0.2, 0) is 4.79 Å². The van der Waals surface area contributed by atoms with Crippen LogP contribution in [0.4, 0.5) is 11.4 Å². The Morgan fingerprint density at radius 2 is 1.85 bits per heavy atom. The minimum absolute atomic E-state index is 0.185. The van der Waals surface area contributed by atoms with Crippen LogP contribution in [0.5, 0.6) is 0 Å². The maximum Gasteiger partial charge on any atom is 0.248 e. The van der Waals surface area contributed by atoms with Gasteiger partial charge in [0.25, 0.3) is 0 Å². The molecule has 0 aliphatic heterocycles. The Kier molecular flexibility index (Phi) is 4.15. The molecule has 0 atom stereocenters. The van der Waals surface area contributed by atoms with Crippen molar-refractivity contribution >= 4 is 23.4 Å². The summed E-state index contributed by atoms with van der Waals surface area (Å²) in [6.07, 6.45) is 3.23. The van der Waals surface area contributed by atoms with Crippen molar-refractivity contribution in [2.24, 2.45) is 0 Å². The summed E-state index contributed by atoms with van der Waals surface area (Å²) in [5.74, 6) is -0.185. The molecule has 20 heavy (non-hydrogen) atoms. The second kappa shape index (κ2) is 6.02. The van der Waals surface area contributed by atoms with Gasteiger partial charge in [0, 0.05) is 17.5 Å². The highest BCUT2D eigenvalue weighted by Crippen LogP contribution is 2.13. The first-order chi connectivity index (χ1) is 9.54. The van der Waals surface area contributed by atoms with E-state index in [1.807, 2.05) is 38.1 Å². The predicted octanol–water partition coefficient (Wildman–Crippen LogP) is 2.93. The van der Waals surface area contributed by atoms with Gasteiger partial charge in [-0.15, -0.1) is 0 Å². The van der Waals surface area contributed by atoms with Crippen LogP contribution in [-0.4, -0.2) is 10.9 Å². The Morgan fingerprint density at radius 3 is 2.50 bits per heavy atom. The summed E-state index contributed by atoms with van der Waals surface area (Å²) in [7, 11) is 0. The van der Waals surface area contributed by atoms with Crippen molar-refractivity contribution in [3.05, 3.63) is 59.4 Å². The molecule has 4 heteroatoms. The molecular formula is C16H17N3O. The number of benzene rings is 1. The number of rotatable bonds is 3. The van der Waals surface area contributed by atoms with Gasteiger partial charge in [0.15, 0.2) is 0 Å². The fourth-order valence-electron chi connectivity index (χ4n) is 1.77. The Morgan fingerprint density at radius 1 is 1.15 bits per heavy atom. The molecule has 2 aromatic rings. The van der Waals surface area contributed by atoms with Gasteiger partial charge in [-0.1, -0.05) is 12.1 Å². The second-order valence-electron chi connectivity index (χ2n) is 4.57. The van der Waals surface area contributed by atoms with Gasteiger partial charge in [0.2, 0.25) is 5.91 Å². The fourth-order valence-corrected chi connectivity index (χ4v) is 1.77. The first-order valence-corrected chi connectivity index (χ1v) is 6.33. The van der Waals surface area contributed by atoms with Crippen LogP contribution in [0.3, 0.4) is 0 Å². The molecule has 0 bridgehead atoms. The molecule has 0 fully saturated rings. The van der Waals surface area contributed by atoms with Crippen molar-refractivity contribution in [2.75, 3.05) is 11.1 Å². The van der Waals surface area contributed by atoms with Crippen LogP contribution in [0.2, 0.25) is 0 Å². The molecule has 1 aromatic heterocycles. The van der Waals surface area contributed by atoms with Gasteiger partial charge in [-0.25, -0.2) is 0 Å². The molecule has 0 saturated carbocycles. The van der Waals surface area contributed by atoms with Crippen molar-refractivity contribution < 1.29 is 4.79 Å². The Hall–Kier alpha value is -2.62. The molecule has 1 heterocycles. The Labute approximate surface area is 118 Å². The van der Waals surface area contributed by atoms with E-state index in [0.717, 1.165) is 22.6 Å². The third-order valence-electron chi connectivity index (χ3n) is 2.85. The number of carbonyl (C=O) groups excluding carboxylic acids is 1. The molecule has 0 saturated heterocycles. The lowest BCUT2D eigenvalue weighted by Gasteiger charge is -2.06. The monoisotopic (exact) mass is 267 g/mol. The van der Waals surface area contributed by atoms with Crippen LogP contribution < -0.4 is 11.1 Å². The van der Waals surface area contributed by atoms with E-state index in [2.05, 4.69) is 10.3 Å². The van der Waals surface area contributed by atoms with Gasteiger partial charge in [-0.2, -0.15) is 0 Å². The molecule has 0 unspecified atom stereocenters. The molecule has 4 nitrogen and oxygen atoms in total. The maximum absolute atomic E-state index is 11.8. The summed E-state index contributed by atoms with van der Waals surface area (Å²) >= 11 is 0. The number of hydrogen-bond acceptors (Lipinski definition) is 3. The molecule has 0 spiro atoms. The average Bonchev–Trinajstić information content (AvgIpc) is 2.41. The van der Waals surface area contributed by atoms with E-state index >= 15 is 0 Å². The lowest BCUT2D eigenvalue weighted by Crippen LogP contribution is -2.09. The van der Waals surface area contributed by atoms with E-state index in [-0.39, 0.29) is 5.91 Å². The molecule has 3 N–H and O–H groups in total. The number of carbonyl (C=O) groups is 1. The summed E-state index contributed by atoms with van der Waals surface area (Å²) < 4.78 is 0. The topological polar surface area (TPSA) is 68.0 Å². The van der Waals surface area contributed by atoms with Crippen molar-refractivity contribution in [1.82, 2.24) is 4.98 Å². The van der Waals surface area contributed by atoms with Gasteiger partial charge in [0.1, 0.15) is 0 Å². The fraction of sp³-hybridized carbons (Fsp3) is 0.125. The zero-order valence-corrected chi connectivity index (χ0v) is 11.6. The normalized spacial score (nSPS) is 10.7. The second-order valence-corrected chi connectivity index (χ2v) is 4.57. The van der Waals surface area contributed by atoms with Crippen molar-refractivity contribution in [3.63, 3.8) is 0 Å². The van der Waals surface area contributed by atoms with Gasteiger partial charge < -0.3 is 11.1 Å². The first kappa shape index (κ1) is 13.8. The minimum atomic E-state index is -0.185. The standard InChI is InChI=1S/C16H17N3O/c1-11-3-9-15(12(2)18-11)19-16(20)10-6-13-4-7-14(17)8-5-13/h3-10H,17H2,1-2H3,(H,19,20)/b10-6+. The van der Waals surface area contributed by atoms with Crippen LogP contribution in [0.25, 0.3) is 6.08 Å². The van der Waals surface area contributed by atoms with Gasteiger partial charge in [-0.05, 0) is 49.8 Å². The smallest absolute Gasteiger partial charge is 0.248 e. The number of nitrogen functional groups attached to an aromatic ring is 1. The van der Waals surface area contributed by atoms with Gasteiger partial charge >= 0.3 is 0 Å². The van der Waals surface area contributed by atoms with Gasteiger partial charge in [0.05, 0.1) is 11.4 Å². The zero-order valence-electron chi connectivity index (χ0n) is 11.6. The largest absolute Gasteiger partial charge is 0.399 e. The first-order valence-electron chi connectivity index (χ1n) is 6.33. The number of nitrogens with one attached hydrogen (secondary N) is 1. The maximum atomic E-state index is 11.8. The number of anilines is 2. The average molecular weight is 267 g/mol. The van der Waals surface area contributed by atoms with Crippen molar-refractivity contribution in [1.29, 1.82) is 0 Å². The molecule has 0 radical (unpaired) electrons. The number of nitrogens with two attached hydrogens (primary N) is 1. The zero-order chi connectivity index (χ0) is 14.5. The molecule has 102 valence electrons. The number of amides is 1. The highest BCUT2D eigenvalue weighted by atomic mass is 16.1. The molecule has 2 rings (SSSR count). The predicted molar refractivity (Wildman–Crippen MR) is 82.2 cm³/mol. The number of aryl methyl sites for hydroxylation is 2. The van der Waals surface area contributed by atoms with E-state index in [0.29, 0.717) is 5.69 Å². The summed E-state index contributed by atoms with van der Waals surface area (Å²) in [6, 6.07) is 11.0. The van der Waals surface area contributed by atoms with Crippen molar-refractivity contribution in [3.8, 4) is 0 Å². The third-order valence-corrected chi connectivity index (χ3v) is 2.85. The van der Waals surface area contributed by atoms with E-state index in [1.165, 1.54) is 6.08 Å². The van der Waals surface area contributed by atoms with Crippen LogP contribution >= 0.6 is 0 Å². The van der Waals surface area contributed by atoms with Crippen molar-refractivity contribution in [2.45, 2.75) is 13.8 Å². The number of hydrogen-bond donors (Lipinski definition) is 2. The third kappa shape index (κ3) is 3.68. The van der Waals surface area contributed by atoms with E-state index in [4.69, 9.17) is 5.73 Å². The number of aromatic nitrogens is 1. The highest BCUT2D eigenvalue weighted by molar-refractivity contribution is 6.02. The van der Waals surface area contributed by atoms with Gasteiger partial charge in [-0.3, -0.25) is 9.78 Å². The Balaban J connectivity index is 2.03.